The standard InChI is InChI=1S/C19H25F3N2O.ClH/c1-23-13-5-12-18(23)11-4-3-6-16(18)24(2)17(25)14-7-9-15(10-8-14)19(20,21)22;/h7-10,16H,3-6,11-13H2,1-2H3;1H/t16-,18+;/m0./s1. The first kappa shape index (κ1) is 21.0. The molecule has 1 aromatic rings. The smallest absolute Gasteiger partial charge is 0.337 e. The molecule has 7 heteroatoms. The molecule has 1 saturated heterocycles. The number of likely N-dealkylation sites (N-methyl/N-ethyl adjacent to an activating group) is 2. The van der Waals surface area contributed by atoms with Crippen molar-refractivity contribution in [1.29, 1.82) is 0 Å². The van der Waals surface area contributed by atoms with Gasteiger partial charge in [0.25, 0.3) is 5.91 Å². The van der Waals surface area contributed by atoms with Gasteiger partial charge in [-0.15, -0.1) is 12.4 Å². The number of likely N-dealkylation sites (tertiary alicyclic amines) is 1. The van der Waals surface area contributed by atoms with Crippen LogP contribution in [0.2, 0.25) is 0 Å². The predicted molar refractivity (Wildman–Crippen MR) is 97.6 cm³/mol. The lowest BCUT2D eigenvalue weighted by Crippen LogP contribution is -2.60. The van der Waals surface area contributed by atoms with Crippen LogP contribution < -0.4 is 0 Å². The molecule has 1 spiro atoms. The zero-order valence-electron chi connectivity index (χ0n) is 15.2. The van der Waals surface area contributed by atoms with Crippen LogP contribution in [0, 0.1) is 0 Å². The van der Waals surface area contributed by atoms with Gasteiger partial charge >= 0.3 is 6.18 Å². The number of rotatable bonds is 2. The fourth-order valence-electron chi connectivity index (χ4n) is 4.68. The Balaban J connectivity index is 0.00000243. The molecular formula is C19H26ClF3N2O. The zero-order chi connectivity index (χ0) is 18.2. The first-order valence-corrected chi connectivity index (χ1v) is 8.91. The van der Waals surface area contributed by atoms with Crippen LogP contribution >= 0.6 is 12.4 Å². The average Bonchev–Trinajstić information content (AvgIpc) is 2.94. The van der Waals surface area contributed by atoms with E-state index < -0.39 is 11.7 Å². The molecule has 0 aromatic heterocycles. The minimum atomic E-state index is -4.38. The van der Waals surface area contributed by atoms with Gasteiger partial charge in [-0.25, -0.2) is 0 Å². The minimum absolute atomic E-state index is 0. The normalized spacial score (nSPS) is 26.6. The highest BCUT2D eigenvalue weighted by atomic mass is 35.5. The predicted octanol–water partition coefficient (Wildman–Crippen LogP) is 4.61. The number of hydrogen-bond acceptors (Lipinski definition) is 2. The summed E-state index contributed by atoms with van der Waals surface area (Å²) < 4.78 is 38.1. The number of benzene rings is 1. The van der Waals surface area contributed by atoms with E-state index >= 15 is 0 Å². The Kier molecular flexibility index (Phi) is 6.28. The fraction of sp³-hybridized carbons (Fsp3) is 0.632. The summed E-state index contributed by atoms with van der Waals surface area (Å²) in [6.45, 7) is 1.04. The molecule has 1 amide bonds. The van der Waals surface area contributed by atoms with Crippen molar-refractivity contribution >= 4 is 18.3 Å². The number of amides is 1. The van der Waals surface area contributed by atoms with E-state index in [-0.39, 0.29) is 29.9 Å². The van der Waals surface area contributed by atoms with Crippen molar-refractivity contribution < 1.29 is 18.0 Å². The number of alkyl halides is 3. The van der Waals surface area contributed by atoms with E-state index in [1.165, 1.54) is 18.6 Å². The minimum Gasteiger partial charge on any atom is -0.337 e. The van der Waals surface area contributed by atoms with Gasteiger partial charge in [-0.1, -0.05) is 12.8 Å². The van der Waals surface area contributed by atoms with E-state index in [0.29, 0.717) is 5.56 Å². The summed E-state index contributed by atoms with van der Waals surface area (Å²) in [5, 5.41) is 0. The highest BCUT2D eigenvalue weighted by Crippen LogP contribution is 2.43. The van der Waals surface area contributed by atoms with Crippen molar-refractivity contribution in [3.8, 4) is 0 Å². The Bertz CT molecular complexity index is 635. The molecule has 2 fully saturated rings. The molecule has 0 bridgehead atoms. The van der Waals surface area contributed by atoms with Crippen molar-refractivity contribution in [2.45, 2.75) is 56.3 Å². The Labute approximate surface area is 158 Å². The largest absolute Gasteiger partial charge is 0.416 e. The van der Waals surface area contributed by atoms with Gasteiger partial charge in [0.15, 0.2) is 0 Å². The van der Waals surface area contributed by atoms with Gasteiger partial charge in [0.2, 0.25) is 0 Å². The second kappa shape index (κ2) is 7.77. The summed E-state index contributed by atoms with van der Waals surface area (Å²) in [7, 11) is 3.92. The van der Waals surface area contributed by atoms with E-state index in [0.717, 1.165) is 50.8 Å². The van der Waals surface area contributed by atoms with Crippen molar-refractivity contribution in [2.24, 2.45) is 0 Å². The van der Waals surface area contributed by atoms with Crippen LogP contribution in [0.25, 0.3) is 0 Å². The molecule has 0 radical (unpaired) electrons. The second-order valence-electron chi connectivity index (χ2n) is 7.38. The van der Waals surface area contributed by atoms with Gasteiger partial charge in [-0.2, -0.15) is 13.2 Å². The summed E-state index contributed by atoms with van der Waals surface area (Å²) in [5.74, 6) is -0.194. The monoisotopic (exact) mass is 390 g/mol. The lowest BCUT2D eigenvalue weighted by molar-refractivity contribution is -0.137. The molecule has 1 aliphatic heterocycles. The number of carbonyl (C=O) groups excluding carboxylic acids is 1. The molecule has 2 aliphatic rings. The molecule has 0 unspecified atom stereocenters. The third kappa shape index (κ3) is 3.72. The summed E-state index contributed by atoms with van der Waals surface area (Å²) in [6, 6.07) is 4.66. The molecule has 1 aromatic carbocycles. The molecule has 1 heterocycles. The van der Waals surface area contributed by atoms with E-state index in [2.05, 4.69) is 11.9 Å². The average molecular weight is 391 g/mol. The van der Waals surface area contributed by atoms with Crippen LogP contribution in [0.4, 0.5) is 13.2 Å². The first-order chi connectivity index (χ1) is 11.8. The van der Waals surface area contributed by atoms with Crippen LogP contribution in [-0.4, -0.2) is 47.9 Å². The van der Waals surface area contributed by atoms with E-state index in [1.807, 2.05) is 0 Å². The molecule has 1 saturated carbocycles. The quantitative estimate of drug-likeness (QED) is 0.736. The number of halogens is 4. The summed E-state index contributed by atoms with van der Waals surface area (Å²) in [5.41, 5.74) is -0.387. The molecule has 0 N–H and O–H groups in total. The third-order valence-corrected chi connectivity index (χ3v) is 6.07. The van der Waals surface area contributed by atoms with Crippen LogP contribution in [0.1, 0.15) is 54.4 Å². The van der Waals surface area contributed by atoms with Crippen molar-refractivity contribution in [1.82, 2.24) is 9.80 Å². The molecule has 3 rings (SSSR count). The molecule has 26 heavy (non-hydrogen) atoms. The maximum atomic E-state index is 12.9. The number of nitrogens with zero attached hydrogens (tertiary/aromatic N) is 2. The molecule has 146 valence electrons. The molecular weight excluding hydrogens is 365 g/mol. The zero-order valence-corrected chi connectivity index (χ0v) is 16.0. The summed E-state index contributed by atoms with van der Waals surface area (Å²) >= 11 is 0. The second-order valence-corrected chi connectivity index (χ2v) is 7.38. The van der Waals surface area contributed by atoms with E-state index in [4.69, 9.17) is 0 Å². The van der Waals surface area contributed by atoms with Gasteiger partial charge in [0.05, 0.1) is 11.6 Å². The van der Waals surface area contributed by atoms with E-state index in [9.17, 15) is 18.0 Å². The lowest BCUT2D eigenvalue weighted by Gasteiger charge is -2.49. The maximum Gasteiger partial charge on any atom is 0.416 e. The van der Waals surface area contributed by atoms with Gasteiger partial charge < -0.3 is 4.90 Å². The van der Waals surface area contributed by atoms with Crippen LogP contribution in [0.3, 0.4) is 0 Å². The Morgan fingerprint density at radius 2 is 1.77 bits per heavy atom. The van der Waals surface area contributed by atoms with Crippen LogP contribution in [-0.2, 0) is 6.18 Å². The topological polar surface area (TPSA) is 23.6 Å². The molecule has 2 atom stereocenters. The number of hydrogen-bond donors (Lipinski definition) is 0. The fourth-order valence-corrected chi connectivity index (χ4v) is 4.68. The third-order valence-electron chi connectivity index (χ3n) is 6.07. The van der Waals surface area contributed by atoms with Crippen LogP contribution in [0.15, 0.2) is 24.3 Å². The van der Waals surface area contributed by atoms with Gasteiger partial charge in [0, 0.05) is 18.2 Å². The van der Waals surface area contributed by atoms with Crippen molar-refractivity contribution in [3.05, 3.63) is 35.4 Å². The highest BCUT2D eigenvalue weighted by molar-refractivity contribution is 5.94. The highest BCUT2D eigenvalue weighted by Gasteiger charge is 2.49. The Morgan fingerprint density at radius 3 is 2.31 bits per heavy atom. The van der Waals surface area contributed by atoms with Gasteiger partial charge in [-0.3, -0.25) is 9.69 Å². The van der Waals surface area contributed by atoms with Gasteiger partial charge in [0.1, 0.15) is 0 Å². The molecule has 3 nitrogen and oxygen atoms in total. The van der Waals surface area contributed by atoms with Crippen molar-refractivity contribution in [2.75, 3.05) is 20.6 Å². The summed E-state index contributed by atoms with van der Waals surface area (Å²) in [4.78, 5) is 17.0. The number of carbonyl (C=O) groups is 1. The lowest BCUT2D eigenvalue weighted by atomic mass is 9.75. The Hall–Kier alpha value is -1.27. The van der Waals surface area contributed by atoms with Crippen molar-refractivity contribution in [3.63, 3.8) is 0 Å². The maximum absolute atomic E-state index is 12.9. The first-order valence-electron chi connectivity index (χ1n) is 8.91. The SMILES string of the molecule is CN(C(=O)c1ccc(C(F)(F)F)cc1)[C@H]1CCCC[C@@]12CCCN2C.Cl. The Morgan fingerprint density at radius 1 is 1.15 bits per heavy atom. The van der Waals surface area contributed by atoms with Crippen LogP contribution in [0.5, 0.6) is 0 Å². The molecule has 1 aliphatic carbocycles. The van der Waals surface area contributed by atoms with Gasteiger partial charge in [-0.05, 0) is 63.5 Å². The van der Waals surface area contributed by atoms with E-state index in [1.54, 1.807) is 11.9 Å². The summed E-state index contributed by atoms with van der Waals surface area (Å²) in [6.07, 6.45) is 2.13.